The second-order valence-corrected chi connectivity index (χ2v) is 7.70. The van der Waals surface area contributed by atoms with E-state index in [-0.39, 0.29) is 6.10 Å². The summed E-state index contributed by atoms with van der Waals surface area (Å²) >= 11 is 0. The standard InChI is InChI=1S/C18H34N2O/c21-18-8-4-5-15(13-18)14-19-16-9-11-20(12-10-16)17-6-2-1-3-7-17/h15-19,21H,1-14H2. The van der Waals surface area contributed by atoms with Crippen molar-refractivity contribution in [2.24, 2.45) is 5.92 Å². The summed E-state index contributed by atoms with van der Waals surface area (Å²) in [6.45, 7) is 3.73. The van der Waals surface area contributed by atoms with Gasteiger partial charge in [0.1, 0.15) is 0 Å². The molecule has 3 rings (SSSR count). The van der Waals surface area contributed by atoms with Crippen LogP contribution in [0.5, 0.6) is 0 Å². The zero-order chi connectivity index (χ0) is 14.5. The van der Waals surface area contributed by atoms with Gasteiger partial charge in [0.2, 0.25) is 0 Å². The Morgan fingerprint density at radius 1 is 0.857 bits per heavy atom. The first kappa shape index (κ1) is 15.8. The topological polar surface area (TPSA) is 35.5 Å². The summed E-state index contributed by atoms with van der Waals surface area (Å²) in [5, 5.41) is 13.6. The number of hydrogen-bond donors (Lipinski definition) is 2. The van der Waals surface area contributed by atoms with Crippen LogP contribution >= 0.6 is 0 Å². The van der Waals surface area contributed by atoms with Gasteiger partial charge in [-0.2, -0.15) is 0 Å². The number of piperidine rings is 1. The van der Waals surface area contributed by atoms with E-state index < -0.39 is 0 Å². The third-order valence-corrected chi connectivity index (χ3v) is 6.07. The highest BCUT2D eigenvalue weighted by Crippen LogP contribution is 2.26. The first-order chi connectivity index (χ1) is 10.3. The highest BCUT2D eigenvalue weighted by Gasteiger charge is 2.27. The third kappa shape index (κ3) is 4.67. The van der Waals surface area contributed by atoms with E-state index in [1.165, 1.54) is 70.9 Å². The molecule has 3 aliphatic rings. The molecule has 21 heavy (non-hydrogen) atoms. The highest BCUT2D eigenvalue weighted by molar-refractivity contribution is 4.84. The number of rotatable bonds is 4. The van der Waals surface area contributed by atoms with Crippen molar-refractivity contribution < 1.29 is 5.11 Å². The Hall–Kier alpha value is -0.120. The average molecular weight is 294 g/mol. The number of aliphatic hydroxyl groups excluding tert-OH is 1. The maximum atomic E-state index is 9.76. The van der Waals surface area contributed by atoms with Gasteiger partial charge >= 0.3 is 0 Å². The molecule has 0 amide bonds. The quantitative estimate of drug-likeness (QED) is 0.837. The van der Waals surface area contributed by atoms with E-state index in [1.54, 1.807) is 0 Å². The molecule has 1 aliphatic heterocycles. The molecule has 0 aromatic heterocycles. The largest absolute Gasteiger partial charge is 0.393 e. The smallest absolute Gasteiger partial charge is 0.0543 e. The lowest BCUT2D eigenvalue weighted by Gasteiger charge is -2.40. The molecule has 2 aliphatic carbocycles. The van der Waals surface area contributed by atoms with E-state index in [0.29, 0.717) is 5.92 Å². The molecular weight excluding hydrogens is 260 g/mol. The van der Waals surface area contributed by atoms with E-state index in [4.69, 9.17) is 0 Å². The SMILES string of the molecule is OC1CCCC(CNC2CCN(C3CCCCC3)CC2)C1. The molecule has 2 unspecified atom stereocenters. The number of nitrogens with zero attached hydrogens (tertiary/aromatic N) is 1. The van der Waals surface area contributed by atoms with Crippen molar-refractivity contribution in [3.63, 3.8) is 0 Å². The Labute approximate surface area is 130 Å². The first-order valence-electron chi connectivity index (χ1n) is 9.47. The maximum absolute atomic E-state index is 9.76. The predicted octanol–water partition coefficient (Wildman–Crippen LogP) is 2.92. The van der Waals surface area contributed by atoms with E-state index in [0.717, 1.165) is 31.5 Å². The van der Waals surface area contributed by atoms with Crippen LogP contribution < -0.4 is 5.32 Å². The average Bonchev–Trinajstić information content (AvgIpc) is 2.54. The second-order valence-electron chi connectivity index (χ2n) is 7.70. The lowest BCUT2D eigenvalue weighted by molar-refractivity contribution is 0.0927. The molecule has 1 saturated heterocycles. The van der Waals surface area contributed by atoms with Gasteiger partial charge in [0, 0.05) is 12.1 Å². The Bertz CT molecular complexity index is 296. The van der Waals surface area contributed by atoms with E-state index >= 15 is 0 Å². The zero-order valence-corrected chi connectivity index (χ0v) is 13.6. The molecule has 0 spiro atoms. The lowest BCUT2D eigenvalue weighted by atomic mass is 9.87. The van der Waals surface area contributed by atoms with Crippen LogP contribution in [0.2, 0.25) is 0 Å². The predicted molar refractivity (Wildman–Crippen MR) is 87.4 cm³/mol. The normalized spacial score (nSPS) is 34.1. The molecule has 0 aromatic carbocycles. The molecule has 2 saturated carbocycles. The molecule has 3 fully saturated rings. The minimum atomic E-state index is -0.0290. The van der Waals surface area contributed by atoms with Crippen LogP contribution in [-0.4, -0.2) is 47.8 Å². The van der Waals surface area contributed by atoms with Crippen LogP contribution in [0.15, 0.2) is 0 Å². The van der Waals surface area contributed by atoms with Gasteiger partial charge in [-0.25, -0.2) is 0 Å². The van der Waals surface area contributed by atoms with Crippen LogP contribution in [0.25, 0.3) is 0 Å². The first-order valence-corrected chi connectivity index (χ1v) is 9.47. The molecule has 0 bridgehead atoms. The Morgan fingerprint density at radius 3 is 2.33 bits per heavy atom. The lowest BCUT2D eigenvalue weighted by Crippen LogP contribution is -2.48. The zero-order valence-electron chi connectivity index (χ0n) is 13.6. The Morgan fingerprint density at radius 2 is 1.62 bits per heavy atom. The minimum Gasteiger partial charge on any atom is -0.393 e. The summed E-state index contributed by atoms with van der Waals surface area (Å²) in [6.07, 6.45) is 14.4. The van der Waals surface area contributed by atoms with Gasteiger partial charge in [0.25, 0.3) is 0 Å². The molecule has 3 nitrogen and oxygen atoms in total. The molecule has 2 atom stereocenters. The van der Waals surface area contributed by atoms with Gasteiger partial charge in [-0.15, -0.1) is 0 Å². The van der Waals surface area contributed by atoms with Crippen LogP contribution in [-0.2, 0) is 0 Å². The molecule has 0 aromatic rings. The molecule has 3 heteroatoms. The van der Waals surface area contributed by atoms with E-state index in [9.17, 15) is 5.11 Å². The van der Waals surface area contributed by atoms with Crippen LogP contribution in [0.3, 0.4) is 0 Å². The van der Waals surface area contributed by atoms with E-state index in [2.05, 4.69) is 10.2 Å². The fourth-order valence-electron chi connectivity index (χ4n) is 4.70. The molecule has 2 N–H and O–H groups in total. The molecular formula is C18H34N2O. The highest BCUT2D eigenvalue weighted by atomic mass is 16.3. The fraction of sp³-hybridized carbons (Fsp3) is 1.00. The summed E-state index contributed by atoms with van der Waals surface area (Å²) in [5.74, 6) is 0.713. The van der Waals surface area contributed by atoms with Crippen molar-refractivity contribution in [1.29, 1.82) is 0 Å². The number of likely N-dealkylation sites (tertiary alicyclic amines) is 1. The van der Waals surface area contributed by atoms with Crippen LogP contribution in [0, 0.1) is 5.92 Å². The summed E-state index contributed by atoms with van der Waals surface area (Å²) in [4.78, 5) is 2.77. The Balaban J connectivity index is 1.33. The van der Waals surface area contributed by atoms with Crippen molar-refractivity contribution in [2.45, 2.75) is 88.8 Å². The maximum Gasteiger partial charge on any atom is 0.0543 e. The van der Waals surface area contributed by atoms with Gasteiger partial charge < -0.3 is 15.3 Å². The van der Waals surface area contributed by atoms with Crippen molar-refractivity contribution in [2.75, 3.05) is 19.6 Å². The van der Waals surface area contributed by atoms with Crippen molar-refractivity contribution in [3.05, 3.63) is 0 Å². The minimum absolute atomic E-state index is 0.0290. The van der Waals surface area contributed by atoms with Crippen molar-refractivity contribution >= 4 is 0 Å². The van der Waals surface area contributed by atoms with Crippen molar-refractivity contribution in [1.82, 2.24) is 10.2 Å². The van der Waals surface area contributed by atoms with Crippen molar-refractivity contribution in [3.8, 4) is 0 Å². The van der Waals surface area contributed by atoms with Crippen LogP contribution in [0.1, 0.15) is 70.6 Å². The monoisotopic (exact) mass is 294 g/mol. The van der Waals surface area contributed by atoms with Gasteiger partial charge in [0.05, 0.1) is 6.10 Å². The van der Waals surface area contributed by atoms with Gasteiger partial charge in [0.15, 0.2) is 0 Å². The molecule has 1 heterocycles. The summed E-state index contributed by atoms with van der Waals surface area (Å²) < 4.78 is 0. The van der Waals surface area contributed by atoms with E-state index in [1.807, 2.05) is 0 Å². The number of hydrogen-bond acceptors (Lipinski definition) is 3. The summed E-state index contributed by atoms with van der Waals surface area (Å²) in [7, 11) is 0. The van der Waals surface area contributed by atoms with Gasteiger partial charge in [-0.05, 0) is 70.5 Å². The van der Waals surface area contributed by atoms with Gasteiger partial charge in [-0.3, -0.25) is 0 Å². The van der Waals surface area contributed by atoms with Crippen LogP contribution in [0.4, 0.5) is 0 Å². The third-order valence-electron chi connectivity index (χ3n) is 6.07. The Kier molecular flexibility index (Phi) is 5.96. The number of nitrogens with one attached hydrogen (secondary N) is 1. The summed E-state index contributed by atoms with van der Waals surface area (Å²) in [5.41, 5.74) is 0. The molecule has 0 radical (unpaired) electrons. The van der Waals surface area contributed by atoms with Gasteiger partial charge in [-0.1, -0.05) is 25.7 Å². The second kappa shape index (κ2) is 7.94. The molecule has 122 valence electrons. The summed E-state index contributed by atoms with van der Waals surface area (Å²) in [6, 6.07) is 1.62. The fourth-order valence-corrected chi connectivity index (χ4v) is 4.70. The number of aliphatic hydroxyl groups is 1.